The van der Waals surface area contributed by atoms with E-state index >= 15 is 0 Å². The maximum absolute atomic E-state index is 12.7. The Bertz CT molecular complexity index is 767. The average Bonchev–Trinajstić information content (AvgIpc) is 2.63. The van der Waals surface area contributed by atoms with Gasteiger partial charge in [0.1, 0.15) is 5.69 Å². The second kappa shape index (κ2) is 7.60. The van der Waals surface area contributed by atoms with Gasteiger partial charge < -0.3 is 5.32 Å². The van der Waals surface area contributed by atoms with Crippen molar-refractivity contribution in [2.24, 2.45) is 5.92 Å². The molecule has 4 nitrogen and oxygen atoms in total. The zero-order chi connectivity index (χ0) is 17.8. The van der Waals surface area contributed by atoms with Crippen molar-refractivity contribution in [3.05, 3.63) is 65.0 Å². The highest BCUT2D eigenvalue weighted by Crippen LogP contribution is 2.31. The second-order valence-corrected chi connectivity index (χ2v) is 6.80. The number of ketones is 1. The molecule has 1 fully saturated rings. The number of nitrogens with one attached hydrogen (secondary N) is 1. The van der Waals surface area contributed by atoms with Gasteiger partial charge in [-0.15, -0.1) is 0 Å². The lowest BCUT2D eigenvalue weighted by atomic mass is 9.81. The number of hydrogen-bond donors (Lipinski definition) is 1. The first-order valence-electron chi connectivity index (χ1n) is 8.90. The Hall–Kier alpha value is -2.49. The molecule has 4 heteroatoms. The van der Waals surface area contributed by atoms with Crippen LogP contribution in [0, 0.1) is 5.92 Å². The third-order valence-electron chi connectivity index (χ3n) is 5.07. The minimum absolute atomic E-state index is 0.0149. The third-order valence-corrected chi connectivity index (χ3v) is 5.07. The van der Waals surface area contributed by atoms with Gasteiger partial charge in [0.2, 0.25) is 0 Å². The summed E-state index contributed by atoms with van der Waals surface area (Å²) in [5.41, 5.74) is 2.77. The molecule has 1 aromatic carbocycles. The SMILES string of the molecule is CNC(=O)c1cc(C(=O)CC2CCC2)cc(C(C)c2ccccc2)n1. The fraction of sp³-hybridized carbons (Fsp3) is 0.381. The van der Waals surface area contributed by atoms with Crippen LogP contribution in [0.25, 0.3) is 0 Å². The fourth-order valence-corrected chi connectivity index (χ4v) is 3.17. The van der Waals surface area contributed by atoms with Gasteiger partial charge in [-0.25, -0.2) is 4.98 Å². The van der Waals surface area contributed by atoms with Gasteiger partial charge in [0.15, 0.2) is 5.78 Å². The van der Waals surface area contributed by atoms with E-state index < -0.39 is 0 Å². The summed E-state index contributed by atoms with van der Waals surface area (Å²) in [7, 11) is 1.58. The first kappa shape index (κ1) is 17.3. The number of rotatable bonds is 6. The van der Waals surface area contributed by atoms with Crippen LogP contribution in [-0.4, -0.2) is 23.7 Å². The molecule has 1 aliphatic rings. The van der Waals surface area contributed by atoms with Crippen LogP contribution in [-0.2, 0) is 0 Å². The van der Waals surface area contributed by atoms with Gasteiger partial charge in [0.25, 0.3) is 5.91 Å². The molecular weight excluding hydrogens is 312 g/mol. The van der Waals surface area contributed by atoms with Crippen LogP contribution >= 0.6 is 0 Å². The zero-order valence-electron chi connectivity index (χ0n) is 14.8. The van der Waals surface area contributed by atoms with Crippen LogP contribution in [0.4, 0.5) is 0 Å². The molecular formula is C21H24N2O2. The van der Waals surface area contributed by atoms with Gasteiger partial charge in [0.05, 0.1) is 0 Å². The standard InChI is InChI=1S/C21H24N2O2/c1-14(16-9-4-3-5-10-16)18-12-17(13-19(23-18)21(25)22-2)20(24)11-15-7-6-8-15/h3-5,9-10,12-15H,6-8,11H2,1-2H3,(H,22,25). The monoisotopic (exact) mass is 336 g/mol. The van der Waals surface area contributed by atoms with Crippen LogP contribution in [0.5, 0.6) is 0 Å². The number of carbonyl (C=O) groups excluding carboxylic acids is 2. The summed E-state index contributed by atoms with van der Waals surface area (Å²) < 4.78 is 0. The largest absolute Gasteiger partial charge is 0.354 e. The smallest absolute Gasteiger partial charge is 0.269 e. The predicted molar refractivity (Wildman–Crippen MR) is 97.9 cm³/mol. The summed E-state index contributed by atoms with van der Waals surface area (Å²) in [6, 6.07) is 13.5. The molecule has 1 aliphatic carbocycles. The molecule has 1 amide bonds. The van der Waals surface area contributed by atoms with Crippen molar-refractivity contribution in [3.63, 3.8) is 0 Å². The Labute approximate surface area is 148 Å². The van der Waals surface area contributed by atoms with E-state index in [0.29, 0.717) is 23.6 Å². The Kier molecular flexibility index (Phi) is 5.27. The van der Waals surface area contributed by atoms with Crippen molar-refractivity contribution in [1.29, 1.82) is 0 Å². The van der Waals surface area contributed by atoms with E-state index in [4.69, 9.17) is 0 Å². The fourth-order valence-electron chi connectivity index (χ4n) is 3.17. The lowest BCUT2D eigenvalue weighted by Crippen LogP contribution is -2.22. The highest BCUT2D eigenvalue weighted by atomic mass is 16.1. The first-order valence-corrected chi connectivity index (χ1v) is 8.90. The minimum atomic E-state index is -0.264. The molecule has 25 heavy (non-hydrogen) atoms. The second-order valence-electron chi connectivity index (χ2n) is 6.80. The third kappa shape index (κ3) is 3.95. The number of nitrogens with zero attached hydrogens (tertiary/aromatic N) is 1. The highest BCUT2D eigenvalue weighted by Gasteiger charge is 2.23. The molecule has 1 N–H and O–H groups in total. The average molecular weight is 336 g/mol. The molecule has 1 aromatic heterocycles. The summed E-state index contributed by atoms with van der Waals surface area (Å²) in [5, 5.41) is 2.60. The number of amides is 1. The van der Waals surface area contributed by atoms with Crippen molar-refractivity contribution in [2.75, 3.05) is 7.05 Å². The van der Waals surface area contributed by atoms with E-state index in [9.17, 15) is 9.59 Å². The summed E-state index contributed by atoms with van der Waals surface area (Å²) in [6.45, 7) is 2.05. The molecule has 1 heterocycles. The molecule has 1 saturated carbocycles. The van der Waals surface area contributed by atoms with Crippen molar-refractivity contribution in [2.45, 2.75) is 38.5 Å². The van der Waals surface area contributed by atoms with Crippen LogP contribution < -0.4 is 5.32 Å². The van der Waals surface area contributed by atoms with E-state index in [1.807, 2.05) is 43.3 Å². The Balaban J connectivity index is 1.94. The van der Waals surface area contributed by atoms with Gasteiger partial charge in [-0.2, -0.15) is 0 Å². The molecule has 0 aliphatic heterocycles. The molecule has 1 atom stereocenters. The van der Waals surface area contributed by atoms with Gasteiger partial charge in [-0.1, -0.05) is 56.5 Å². The van der Waals surface area contributed by atoms with E-state index in [1.165, 1.54) is 6.42 Å². The van der Waals surface area contributed by atoms with E-state index in [2.05, 4.69) is 10.3 Å². The minimum Gasteiger partial charge on any atom is -0.354 e. The van der Waals surface area contributed by atoms with Gasteiger partial charge in [0, 0.05) is 30.6 Å². The zero-order valence-corrected chi connectivity index (χ0v) is 14.8. The topological polar surface area (TPSA) is 59.1 Å². The molecule has 1 unspecified atom stereocenters. The molecule has 0 bridgehead atoms. The lowest BCUT2D eigenvalue weighted by Gasteiger charge is -2.24. The molecule has 0 saturated heterocycles. The lowest BCUT2D eigenvalue weighted by molar-refractivity contribution is 0.0936. The van der Waals surface area contributed by atoms with Gasteiger partial charge >= 0.3 is 0 Å². The summed E-state index contributed by atoms with van der Waals surface area (Å²) in [5.74, 6) is 0.360. The predicted octanol–water partition coefficient (Wildman–Crippen LogP) is 3.97. The summed E-state index contributed by atoms with van der Waals surface area (Å²) in [4.78, 5) is 29.3. The van der Waals surface area contributed by atoms with Gasteiger partial charge in [-0.3, -0.25) is 9.59 Å². The van der Waals surface area contributed by atoms with Crippen LogP contribution in [0.15, 0.2) is 42.5 Å². The van der Waals surface area contributed by atoms with Gasteiger partial charge in [-0.05, 0) is 23.6 Å². The molecule has 130 valence electrons. The van der Waals surface area contributed by atoms with Crippen molar-refractivity contribution >= 4 is 11.7 Å². The maximum Gasteiger partial charge on any atom is 0.269 e. The molecule has 0 spiro atoms. The Morgan fingerprint density at radius 2 is 1.92 bits per heavy atom. The number of Topliss-reactive ketones (excluding diaryl/α,β-unsaturated/α-hetero) is 1. The van der Waals surface area contributed by atoms with Crippen LogP contribution in [0.1, 0.15) is 70.6 Å². The molecule has 0 radical (unpaired) electrons. The number of carbonyl (C=O) groups is 2. The Morgan fingerprint density at radius 3 is 2.52 bits per heavy atom. The summed E-state index contributed by atoms with van der Waals surface area (Å²) >= 11 is 0. The number of benzene rings is 1. The van der Waals surface area contributed by atoms with Crippen molar-refractivity contribution < 1.29 is 9.59 Å². The Morgan fingerprint density at radius 1 is 1.20 bits per heavy atom. The molecule has 3 rings (SSSR count). The highest BCUT2D eigenvalue weighted by molar-refractivity contribution is 5.99. The maximum atomic E-state index is 12.7. The first-order chi connectivity index (χ1) is 12.1. The van der Waals surface area contributed by atoms with E-state index in [-0.39, 0.29) is 17.6 Å². The van der Waals surface area contributed by atoms with Crippen molar-refractivity contribution in [3.8, 4) is 0 Å². The van der Waals surface area contributed by atoms with Crippen LogP contribution in [0.2, 0.25) is 0 Å². The quantitative estimate of drug-likeness (QED) is 0.812. The van der Waals surface area contributed by atoms with Crippen molar-refractivity contribution in [1.82, 2.24) is 10.3 Å². The number of aromatic nitrogens is 1. The molecule has 2 aromatic rings. The van der Waals surface area contributed by atoms with Crippen LogP contribution in [0.3, 0.4) is 0 Å². The normalized spacial score (nSPS) is 15.3. The van der Waals surface area contributed by atoms with E-state index in [0.717, 1.165) is 24.1 Å². The number of pyridine rings is 1. The summed E-state index contributed by atoms with van der Waals surface area (Å²) in [6.07, 6.45) is 4.04. The van der Waals surface area contributed by atoms with E-state index in [1.54, 1.807) is 13.1 Å². The number of hydrogen-bond acceptors (Lipinski definition) is 3.